The van der Waals surface area contributed by atoms with E-state index in [4.69, 9.17) is 0 Å². The second kappa shape index (κ2) is 8.91. The van der Waals surface area contributed by atoms with Gasteiger partial charge in [0, 0.05) is 0 Å². The molecule has 6 rings (SSSR count). The first-order valence-electron chi connectivity index (χ1n) is 12.9. The highest BCUT2D eigenvalue weighted by atomic mass is 14.5. The molecule has 5 aromatic carbocycles. The van der Waals surface area contributed by atoms with Crippen LogP contribution in [0.15, 0.2) is 122 Å². The van der Waals surface area contributed by atoms with Crippen molar-refractivity contribution < 1.29 is 0 Å². The van der Waals surface area contributed by atoms with Crippen LogP contribution in [-0.2, 0) is 5.41 Å². The van der Waals surface area contributed by atoms with E-state index in [1.54, 1.807) is 0 Å². The van der Waals surface area contributed by atoms with Crippen molar-refractivity contribution in [1.29, 1.82) is 0 Å². The Labute approximate surface area is 220 Å². The molecule has 0 nitrogen and oxygen atoms in total. The zero-order valence-electron chi connectivity index (χ0n) is 21.5. The molecule has 0 heteroatoms. The summed E-state index contributed by atoms with van der Waals surface area (Å²) in [7, 11) is 0. The zero-order valence-corrected chi connectivity index (χ0v) is 21.5. The van der Waals surface area contributed by atoms with Crippen LogP contribution in [0.2, 0.25) is 0 Å². The van der Waals surface area contributed by atoms with Crippen LogP contribution in [0.3, 0.4) is 0 Å². The molecule has 178 valence electrons. The van der Waals surface area contributed by atoms with E-state index in [0.29, 0.717) is 0 Å². The van der Waals surface area contributed by atoms with E-state index < -0.39 is 5.41 Å². The molecule has 0 saturated carbocycles. The van der Waals surface area contributed by atoms with Gasteiger partial charge in [0.1, 0.15) is 0 Å². The second-order valence-electron chi connectivity index (χ2n) is 9.98. The Morgan fingerprint density at radius 1 is 0.541 bits per heavy atom. The monoisotopic (exact) mass is 474 g/mol. The van der Waals surface area contributed by atoms with Crippen molar-refractivity contribution in [3.63, 3.8) is 0 Å². The van der Waals surface area contributed by atoms with Crippen LogP contribution in [0, 0.1) is 13.8 Å². The summed E-state index contributed by atoms with van der Waals surface area (Å²) in [5.41, 5.74) is 14.4. The third-order valence-corrected chi connectivity index (χ3v) is 7.84. The standard InChI is InChI=1S/C37H30/c1-5-30-31(6-2)36-32-22-19-26(4)23-34(32)37(28-13-9-7-10-14-28,29-15-11-8-12-16-29)35(36)24-33(30)27-20-17-25(3)18-21-27/h5-24H,1-2H2,3-4H3. The summed E-state index contributed by atoms with van der Waals surface area (Å²) in [5, 5.41) is 0. The van der Waals surface area contributed by atoms with Gasteiger partial charge in [-0.15, -0.1) is 0 Å². The molecule has 37 heavy (non-hydrogen) atoms. The first-order valence-corrected chi connectivity index (χ1v) is 12.9. The van der Waals surface area contributed by atoms with Gasteiger partial charge in [0.2, 0.25) is 0 Å². The van der Waals surface area contributed by atoms with E-state index in [0.717, 1.165) is 11.1 Å². The minimum Gasteiger partial charge on any atom is -0.0984 e. The normalized spacial score (nSPS) is 13.0. The molecule has 0 N–H and O–H groups in total. The maximum atomic E-state index is 4.30. The van der Waals surface area contributed by atoms with Gasteiger partial charge in [-0.3, -0.25) is 0 Å². The van der Waals surface area contributed by atoms with Gasteiger partial charge in [0.15, 0.2) is 0 Å². The molecule has 5 aromatic rings. The predicted octanol–water partition coefficient (Wildman–Crippen LogP) is 9.62. The lowest BCUT2D eigenvalue weighted by Crippen LogP contribution is -2.28. The molecule has 0 heterocycles. The van der Waals surface area contributed by atoms with Crippen molar-refractivity contribution in [1.82, 2.24) is 0 Å². The average molecular weight is 475 g/mol. The molecule has 0 bridgehead atoms. The third-order valence-electron chi connectivity index (χ3n) is 7.84. The third kappa shape index (κ3) is 3.37. The summed E-state index contributed by atoms with van der Waals surface area (Å²) in [6.45, 7) is 12.9. The van der Waals surface area contributed by atoms with Crippen molar-refractivity contribution >= 4 is 12.2 Å². The van der Waals surface area contributed by atoms with E-state index in [1.165, 1.54) is 55.6 Å². The Bertz CT molecular complexity index is 1600. The van der Waals surface area contributed by atoms with Gasteiger partial charge >= 0.3 is 0 Å². The molecule has 0 spiro atoms. The Morgan fingerprint density at radius 2 is 1.11 bits per heavy atom. The molecule has 0 atom stereocenters. The van der Waals surface area contributed by atoms with Crippen molar-refractivity contribution in [2.75, 3.05) is 0 Å². The largest absolute Gasteiger partial charge is 0.0984 e. The molecular formula is C37H30. The Balaban J connectivity index is 1.84. The van der Waals surface area contributed by atoms with Crippen LogP contribution >= 0.6 is 0 Å². The minimum atomic E-state index is -0.448. The first-order chi connectivity index (χ1) is 18.1. The van der Waals surface area contributed by atoms with E-state index in [1.807, 2.05) is 12.2 Å². The number of aryl methyl sites for hydroxylation is 2. The van der Waals surface area contributed by atoms with Crippen LogP contribution in [0.4, 0.5) is 0 Å². The quantitative estimate of drug-likeness (QED) is 0.233. The van der Waals surface area contributed by atoms with Crippen molar-refractivity contribution in [3.8, 4) is 22.3 Å². The molecule has 0 fully saturated rings. The summed E-state index contributed by atoms with van der Waals surface area (Å²) >= 11 is 0. The second-order valence-corrected chi connectivity index (χ2v) is 9.98. The van der Waals surface area contributed by atoms with Gasteiger partial charge in [0.05, 0.1) is 5.41 Å². The van der Waals surface area contributed by atoms with Gasteiger partial charge in [-0.1, -0.05) is 140 Å². The molecule has 1 aliphatic carbocycles. The van der Waals surface area contributed by atoms with Crippen LogP contribution in [-0.4, -0.2) is 0 Å². The lowest BCUT2D eigenvalue weighted by atomic mass is 9.67. The summed E-state index contributed by atoms with van der Waals surface area (Å²) in [4.78, 5) is 0. The molecule has 0 aliphatic heterocycles. The van der Waals surface area contributed by atoms with Crippen LogP contribution in [0.5, 0.6) is 0 Å². The SMILES string of the molecule is C=Cc1c(-c2ccc(C)cc2)cc2c(c1C=C)-c1ccc(C)cc1C2(c1ccccc1)c1ccccc1. The number of hydrogen-bond donors (Lipinski definition) is 0. The summed E-state index contributed by atoms with van der Waals surface area (Å²) in [6, 6.07) is 40.0. The van der Waals surface area contributed by atoms with Gasteiger partial charge in [-0.2, -0.15) is 0 Å². The molecular weight excluding hydrogens is 444 g/mol. The molecule has 0 saturated heterocycles. The number of rotatable bonds is 5. The van der Waals surface area contributed by atoms with E-state index in [2.05, 4.69) is 136 Å². The number of hydrogen-bond acceptors (Lipinski definition) is 0. The predicted molar refractivity (Wildman–Crippen MR) is 159 cm³/mol. The Kier molecular flexibility index (Phi) is 5.54. The van der Waals surface area contributed by atoms with Crippen LogP contribution < -0.4 is 0 Å². The maximum Gasteiger partial charge on any atom is 0.0714 e. The number of fused-ring (bicyclic) bond motifs is 3. The molecule has 0 unspecified atom stereocenters. The summed E-state index contributed by atoms with van der Waals surface area (Å²) in [5.74, 6) is 0. The summed E-state index contributed by atoms with van der Waals surface area (Å²) < 4.78 is 0. The van der Waals surface area contributed by atoms with E-state index >= 15 is 0 Å². The summed E-state index contributed by atoms with van der Waals surface area (Å²) in [6.07, 6.45) is 4.01. The smallest absolute Gasteiger partial charge is 0.0714 e. The topological polar surface area (TPSA) is 0 Å². The van der Waals surface area contributed by atoms with E-state index in [-0.39, 0.29) is 0 Å². The van der Waals surface area contributed by atoms with Gasteiger partial charge in [0.25, 0.3) is 0 Å². The fourth-order valence-electron chi connectivity index (χ4n) is 6.21. The highest BCUT2D eigenvalue weighted by Crippen LogP contribution is 2.58. The van der Waals surface area contributed by atoms with Gasteiger partial charge in [-0.05, 0) is 75.5 Å². The van der Waals surface area contributed by atoms with E-state index in [9.17, 15) is 0 Å². The highest BCUT2D eigenvalue weighted by molar-refractivity contribution is 5.97. The minimum absolute atomic E-state index is 0.448. The average Bonchev–Trinajstić information content (AvgIpc) is 3.23. The lowest BCUT2D eigenvalue weighted by Gasteiger charge is -2.34. The zero-order chi connectivity index (χ0) is 25.6. The van der Waals surface area contributed by atoms with Gasteiger partial charge in [-0.25, -0.2) is 0 Å². The van der Waals surface area contributed by atoms with Crippen molar-refractivity contribution in [2.24, 2.45) is 0 Å². The van der Waals surface area contributed by atoms with Crippen molar-refractivity contribution in [3.05, 3.63) is 167 Å². The van der Waals surface area contributed by atoms with Crippen LogP contribution in [0.1, 0.15) is 44.5 Å². The number of benzene rings is 5. The highest BCUT2D eigenvalue weighted by Gasteiger charge is 2.47. The molecule has 0 aromatic heterocycles. The van der Waals surface area contributed by atoms with Gasteiger partial charge < -0.3 is 0 Å². The fraction of sp³-hybridized carbons (Fsp3) is 0.0811. The fourth-order valence-corrected chi connectivity index (χ4v) is 6.21. The maximum absolute atomic E-state index is 4.30. The first kappa shape index (κ1) is 23.0. The molecule has 0 amide bonds. The van der Waals surface area contributed by atoms with Crippen molar-refractivity contribution in [2.45, 2.75) is 19.3 Å². The lowest BCUT2D eigenvalue weighted by molar-refractivity contribution is 0.767. The van der Waals surface area contributed by atoms with Crippen LogP contribution in [0.25, 0.3) is 34.4 Å². The molecule has 0 radical (unpaired) electrons. The Hall–Kier alpha value is -4.42. The Morgan fingerprint density at radius 3 is 1.68 bits per heavy atom. The molecule has 1 aliphatic rings.